The van der Waals surface area contributed by atoms with Gasteiger partial charge in [-0.05, 0) is 44.2 Å². The van der Waals surface area contributed by atoms with Crippen molar-refractivity contribution in [1.82, 2.24) is 9.55 Å². The highest BCUT2D eigenvalue weighted by atomic mass is 32.2. The molecule has 3 aromatic rings. The first-order valence-corrected chi connectivity index (χ1v) is 9.33. The Labute approximate surface area is 155 Å². The minimum Gasteiger partial charge on any atom is -0.324 e. The summed E-state index contributed by atoms with van der Waals surface area (Å²) < 4.78 is 1.96. The number of para-hydroxylation sites is 2. The lowest BCUT2D eigenvalue weighted by atomic mass is 10.2. The largest absolute Gasteiger partial charge is 0.324 e. The summed E-state index contributed by atoms with van der Waals surface area (Å²) in [6.07, 6.45) is 0. The lowest BCUT2D eigenvalue weighted by molar-refractivity contribution is -0.115. The second-order valence-corrected chi connectivity index (χ2v) is 7.47. The molecule has 0 radical (unpaired) electrons. The van der Waals surface area contributed by atoms with Gasteiger partial charge in [0, 0.05) is 17.0 Å². The van der Waals surface area contributed by atoms with Gasteiger partial charge in [-0.2, -0.15) is 0 Å². The van der Waals surface area contributed by atoms with Crippen molar-refractivity contribution in [2.75, 3.05) is 10.6 Å². The molecule has 1 atom stereocenters. The van der Waals surface area contributed by atoms with Crippen LogP contribution in [-0.2, 0) is 11.3 Å². The summed E-state index contributed by atoms with van der Waals surface area (Å²) in [7, 11) is 0. The monoisotopic (exact) mass is 366 g/mol. The van der Waals surface area contributed by atoms with Gasteiger partial charge < -0.3 is 9.88 Å². The Morgan fingerprint density at radius 1 is 1.31 bits per heavy atom. The predicted octanol–water partition coefficient (Wildman–Crippen LogP) is 3.74. The number of nitrogens with zero attached hydrogens (tertiary/aromatic N) is 2. The van der Waals surface area contributed by atoms with E-state index in [0.717, 1.165) is 15.9 Å². The number of aromatic nitrogens is 2. The van der Waals surface area contributed by atoms with Crippen LogP contribution < -0.4 is 10.6 Å². The number of aryl methyl sites for hydroxylation is 1. The number of anilines is 2. The molecule has 2 heterocycles. The van der Waals surface area contributed by atoms with Crippen LogP contribution in [0.4, 0.5) is 11.6 Å². The number of fused-ring (bicyclic) bond motifs is 2. The van der Waals surface area contributed by atoms with E-state index in [2.05, 4.69) is 15.6 Å². The van der Waals surface area contributed by atoms with Gasteiger partial charge in [0.2, 0.25) is 11.9 Å². The van der Waals surface area contributed by atoms with Crippen LogP contribution in [0, 0.1) is 0 Å². The molecule has 0 bridgehead atoms. The van der Waals surface area contributed by atoms with Crippen molar-refractivity contribution >= 4 is 46.2 Å². The molecular formula is C19H18N4O2S. The first-order chi connectivity index (χ1) is 12.6. The van der Waals surface area contributed by atoms with E-state index in [0.29, 0.717) is 23.7 Å². The topological polar surface area (TPSA) is 76.0 Å². The molecule has 0 fully saturated rings. The van der Waals surface area contributed by atoms with E-state index in [1.165, 1.54) is 11.8 Å². The minimum absolute atomic E-state index is 0.0483. The Bertz CT molecular complexity index is 1030. The quantitative estimate of drug-likeness (QED) is 0.740. The van der Waals surface area contributed by atoms with Crippen LogP contribution >= 0.6 is 11.8 Å². The molecule has 0 saturated heterocycles. The predicted molar refractivity (Wildman–Crippen MR) is 104 cm³/mol. The highest BCUT2D eigenvalue weighted by Crippen LogP contribution is 2.36. The lowest BCUT2D eigenvalue weighted by Crippen LogP contribution is -2.26. The van der Waals surface area contributed by atoms with E-state index >= 15 is 0 Å². The Kier molecular flexibility index (Phi) is 4.16. The molecule has 2 aromatic carbocycles. The van der Waals surface area contributed by atoms with E-state index in [1.54, 1.807) is 12.1 Å². The summed E-state index contributed by atoms with van der Waals surface area (Å²) >= 11 is 1.49. The molecule has 0 aliphatic carbocycles. The smallest absolute Gasteiger partial charge is 0.258 e. The maximum atomic E-state index is 12.7. The van der Waals surface area contributed by atoms with Crippen LogP contribution in [0.25, 0.3) is 11.0 Å². The molecule has 26 heavy (non-hydrogen) atoms. The third-order valence-electron chi connectivity index (χ3n) is 4.37. The van der Waals surface area contributed by atoms with Crippen molar-refractivity contribution in [2.45, 2.75) is 30.5 Å². The molecule has 0 spiro atoms. The fourth-order valence-corrected chi connectivity index (χ4v) is 3.95. The lowest BCUT2D eigenvalue weighted by Gasteiger charge is -2.21. The molecule has 132 valence electrons. The number of hydrogen-bond donors (Lipinski definition) is 2. The third-order valence-corrected chi connectivity index (χ3v) is 5.55. The van der Waals surface area contributed by atoms with E-state index in [4.69, 9.17) is 0 Å². The van der Waals surface area contributed by atoms with Crippen LogP contribution in [0.2, 0.25) is 0 Å². The second kappa shape index (κ2) is 6.49. The van der Waals surface area contributed by atoms with Crippen molar-refractivity contribution in [2.24, 2.45) is 0 Å². The molecule has 7 heteroatoms. The van der Waals surface area contributed by atoms with Gasteiger partial charge in [-0.25, -0.2) is 4.98 Å². The standard InChI is InChI=1S/C19H18N4O2S/c1-3-23-15-7-5-4-6-13(15)21-19(23)22-18(25)12-8-9-16-14(10-12)20-17(24)11(2)26-16/h4-11H,3H2,1-2H3,(H,20,24)(H,21,22,25)/t11-/m0/s1. The first-order valence-electron chi connectivity index (χ1n) is 8.45. The van der Waals surface area contributed by atoms with Gasteiger partial charge in [-0.15, -0.1) is 11.8 Å². The Morgan fingerprint density at radius 2 is 2.12 bits per heavy atom. The molecule has 4 rings (SSSR count). The normalized spacial score (nSPS) is 16.2. The summed E-state index contributed by atoms with van der Waals surface area (Å²) in [4.78, 5) is 30.1. The second-order valence-electron chi connectivity index (χ2n) is 6.08. The number of carbonyl (C=O) groups excluding carboxylic acids is 2. The van der Waals surface area contributed by atoms with E-state index < -0.39 is 0 Å². The Balaban J connectivity index is 1.63. The summed E-state index contributed by atoms with van der Waals surface area (Å²) in [6, 6.07) is 13.1. The fraction of sp³-hybridized carbons (Fsp3) is 0.211. The maximum absolute atomic E-state index is 12.7. The Morgan fingerprint density at radius 3 is 2.92 bits per heavy atom. The number of rotatable bonds is 3. The molecule has 6 nitrogen and oxygen atoms in total. The van der Waals surface area contributed by atoms with Crippen molar-refractivity contribution in [3.8, 4) is 0 Å². The van der Waals surface area contributed by atoms with Gasteiger partial charge in [-0.1, -0.05) is 12.1 Å². The van der Waals surface area contributed by atoms with Gasteiger partial charge in [-0.3, -0.25) is 14.9 Å². The SMILES string of the molecule is CCn1c(NC(=O)c2ccc3c(c2)NC(=O)[C@H](C)S3)nc2ccccc21. The molecule has 2 N–H and O–H groups in total. The van der Waals surface area contributed by atoms with E-state index in [9.17, 15) is 9.59 Å². The number of nitrogens with one attached hydrogen (secondary N) is 2. The average Bonchev–Trinajstić information content (AvgIpc) is 2.99. The zero-order valence-electron chi connectivity index (χ0n) is 14.4. The van der Waals surface area contributed by atoms with Crippen molar-refractivity contribution in [3.05, 3.63) is 48.0 Å². The van der Waals surface area contributed by atoms with Crippen molar-refractivity contribution in [1.29, 1.82) is 0 Å². The molecule has 0 unspecified atom stereocenters. The number of carbonyl (C=O) groups is 2. The van der Waals surface area contributed by atoms with Crippen molar-refractivity contribution < 1.29 is 9.59 Å². The molecule has 1 aliphatic heterocycles. The Hall–Kier alpha value is -2.80. The van der Waals surface area contributed by atoms with E-state index in [1.807, 2.05) is 48.7 Å². The highest BCUT2D eigenvalue weighted by molar-refractivity contribution is 8.00. The summed E-state index contributed by atoms with van der Waals surface area (Å²) in [5.74, 6) is 0.215. The summed E-state index contributed by atoms with van der Waals surface area (Å²) in [5.41, 5.74) is 2.98. The van der Waals surface area contributed by atoms with Crippen LogP contribution in [0.3, 0.4) is 0 Å². The zero-order valence-corrected chi connectivity index (χ0v) is 15.3. The molecule has 1 aromatic heterocycles. The molecule has 1 aliphatic rings. The summed E-state index contributed by atoms with van der Waals surface area (Å²) in [6.45, 7) is 4.57. The first kappa shape index (κ1) is 16.7. The number of benzene rings is 2. The number of thioether (sulfide) groups is 1. The van der Waals surface area contributed by atoms with Gasteiger partial charge in [0.1, 0.15) is 0 Å². The molecule has 0 saturated carbocycles. The minimum atomic E-state index is -0.254. The van der Waals surface area contributed by atoms with Crippen LogP contribution in [0.5, 0.6) is 0 Å². The number of hydrogen-bond acceptors (Lipinski definition) is 4. The van der Waals surface area contributed by atoms with Gasteiger partial charge in [0.25, 0.3) is 5.91 Å². The fourth-order valence-electron chi connectivity index (χ4n) is 3.01. The average molecular weight is 366 g/mol. The van der Waals surface area contributed by atoms with Crippen molar-refractivity contribution in [3.63, 3.8) is 0 Å². The summed E-state index contributed by atoms with van der Waals surface area (Å²) in [5, 5.41) is 5.61. The van der Waals surface area contributed by atoms with Crippen LogP contribution in [0.15, 0.2) is 47.4 Å². The van der Waals surface area contributed by atoms with Gasteiger partial charge in [0.05, 0.1) is 22.0 Å². The van der Waals surface area contributed by atoms with Crippen LogP contribution in [0.1, 0.15) is 24.2 Å². The molecular weight excluding hydrogens is 348 g/mol. The highest BCUT2D eigenvalue weighted by Gasteiger charge is 2.24. The van der Waals surface area contributed by atoms with Gasteiger partial charge >= 0.3 is 0 Å². The zero-order chi connectivity index (χ0) is 18.3. The van der Waals surface area contributed by atoms with E-state index in [-0.39, 0.29) is 17.1 Å². The third kappa shape index (κ3) is 2.84. The maximum Gasteiger partial charge on any atom is 0.258 e. The van der Waals surface area contributed by atoms with Crippen LogP contribution in [-0.4, -0.2) is 26.6 Å². The van der Waals surface area contributed by atoms with Gasteiger partial charge in [0.15, 0.2) is 0 Å². The number of amides is 2. The molecule has 2 amide bonds. The number of imidazole rings is 1.